The summed E-state index contributed by atoms with van der Waals surface area (Å²) in [5, 5.41) is 8.44. The minimum Gasteiger partial charge on any atom is -0.495 e. The van der Waals surface area contributed by atoms with Crippen LogP contribution < -0.4 is 20.7 Å². The van der Waals surface area contributed by atoms with Gasteiger partial charge in [0.1, 0.15) is 16.7 Å². The first kappa shape index (κ1) is 33.5. The van der Waals surface area contributed by atoms with Crippen molar-refractivity contribution in [1.82, 2.24) is 5.32 Å². The van der Waals surface area contributed by atoms with E-state index in [1.807, 2.05) is 72.8 Å². The average molecular weight is 727 g/mol. The Morgan fingerprint density at radius 1 is 0.809 bits per heavy atom. The van der Waals surface area contributed by atoms with Crippen molar-refractivity contribution in [2.75, 3.05) is 17.7 Å². The molecule has 0 bridgehead atoms. The highest BCUT2D eigenvalue weighted by Gasteiger charge is 2.24. The Morgan fingerprint density at radius 3 is 2.13 bits per heavy atom. The molecule has 7 nitrogen and oxygen atoms in total. The highest BCUT2D eigenvalue weighted by Crippen LogP contribution is 2.38. The number of hydrogen-bond donors (Lipinski definition) is 3. The number of carbonyl (C=O) groups excluding carboxylic acids is 3. The molecule has 5 aromatic rings. The van der Waals surface area contributed by atoms with Crippen LogP contribution in [0.25, 0.3) is 6.08 Å². The quantitative estimate of drug-likeness (QED) is 0.0933. The van der Waals surface area contributed by atoms with Gasteiger partial charge in [-0.05, 0) is 83.9 Å². The lowest BCUT2D eigenvalue weighted by Crippen LogP contribution is -2.30. The summed E-state index contributed by atoms with van der Waals surface area (Å²) in [4.78, 5) is 40.8. The normalized spacial score (nSPS) is 11.7. The summed E-state index contributed by atoms with van der Waals surface area (Å²) in [6, 6.07) is 37.7. The second-order valence-corrected chi connectivity index (χ2v) is 12.7. The van der Waals surface area contributed by atoms with Crippen molar-refractivity contribution >= 4 is 74.5 Å². The van der Waals surface area contributed by atoms with Gasteiger partial charge in [-0.25, -0.2) is 0 Å². The Morgan fingerprint density at radius 2 is 1.47 bits per heavy atom. The summed E-state index contributed by atoms with van der Waals surface area (Å²) in [6.45, 7) is 0. The fourth-order valence-electron chi connectivity index (χ4n) is 4.50. The lowest BCUT2D eigenvalue weighted by molar-refractivity contribution is -0.116. The molecule has 1 atom stereocenters. The number of hydrogen-bond acceptors (Lipinski definition) is 5. The number of ether oxygens (including phenoxy) is 1. The van der Waals surface area contributed by atoms with Crippen molar-refractivity contribution in [1.29, 1.82) is 0 Å². The van der Waals surface area contributed by atoms with Crippen LogP contribution in [0.4, 0.5) is 11.4 Å². The molecule has 0 aromatic heterocycles. The van der Waals surface area contributed by atoms with E-state index in [0.29, 0.717) is 27.7 Å². The van der Waals surface area contributed by atoms with Gasteiger partial charge in [0.2, 0.25) is 5.91 Å². The van der Waals surface area contributed by atoms with Gasteiger partial charge in [-0.15, -0.1) is 11.8 Å². The van der Waals surface area contributed by atoms with Crippen molar-refractivity contribution in [2.24, 2.45) is 0 Å². The molecular formula is C37H29BrClN3O4S. The van der Waals surface area contributed by atoms with Crippen molar-refractivity contribution in [3.8, 4) is 5.75 Å². The third-order valence-electron chi connectivity index (χ3n) is 6.84. The zero-order valence-corrected chi connectivity index (χ0v) is 28.2. The zero-order valence-electron chi connectivity index (χ0n) is 25.1. The largest absolute Gasteiger partial charge is 0.495 e. The molecule has 0 aliphatic rings. The standard InChI is InChI=1S/C37H29BrClN3O4S/c1-46-33-21-16-28(39)23-31(33)41-37(45)34(25-8-4-2-5-9-25)47-30-19-17-29(18-20-30)40-36(44)32(22-24-12-14-27(38)15-13-24)42-35(43)26-10-6-3-7-11-26/h2-23,34H,1H3,(H,40,44)(H,41,45)(H,42,43)/b32-22-. The van der Waals surface area contributed by atoms with Crippen molar-refractivity contribution in [3.05, 3.63) is 159 Å². The molecule has 47 heavy (non-hydrogen) atoms. The first-order chi connectivity index (χ1) is 22.8. The minimum absolute atomic E-state index is 0.0804. The van der Waals surface area contributed by atoms with Gasteiger partial charge in [0.15, 0.2) is 0 Å². The number of thioether (sulfide) groups is 1. The first-order valence-corrected chi connectivity index (χ1v) is 16.4. The molecule has 0 aliphatic heterocycles. The van der Waals surface area contributed by atoms with Crippen LogP contribution in [0.15, 0.2) is 142 Å². The molecule has 0 saturated carbocycles. The van der Waals surface area contributed by atoms with Crippen LogP contribution in [0.5, 0.6) is 5.75 Å². The predicted molar refractivity (Wildman–Crippen MR) is 193 cm³/mol. The lowest BCUT2D eigenvalue weighted by atomic mass is 10.1. The van der Waals surface area contributed by atoms with E-state index in [1.165, 1.54) is 18.9 Å². The molecule has 3 amide bonds. The number of rotatable bonds is 11. The molecule has 5 rings (SSSR count). The highest BCUT2D eigenvalue weighted by atomic mass is 79.9. The fourth-order valence-corrected chi connectivity index (χ4v) is 5.96. The molecule has 0 saturated heterocycles. The predicted octanol–water partition coefficient (Wildman–Crippen LogP) is 8.99. The number of amides is 3. The number of carbonyl (C=O) groups is 3. The average Bonchev–Trinajstić information content (AvgIpc) is 3.09. The number of benzene rings is 5. The number of anilines is 2. The summed E-state index contributed by atoms with van der Waals surface area (Å²) in [5.41, 5.74) is 3.03. The van der Waals surface area contributed by atoms with Crippen LogP contribution >= 0.6 is 39.3 Å². The summed E-state index contributed by atoms with van der Waals surface area (Å²) < 4.78 is 6.30. The highest BCUT2D eigenvalue weighted by molar-refractivity contribution is 9.10. The van der Waals surface area contributed by atoms with Gasteiger partial charge in [0.05, 0.1) is 12.8 Å². The van der Waals surface area contributed by atoms with Crippen LogP contribution in [0.2, 0.25) is 5.02 Å². The molecule has 10 heteroatoms. The lowest BCUT2D eigenvalue weighted by Gasteiger charge is -2.18. The van der Waals surface area contributed by atoms with Crippen LogP contribution in [0, 0.1) is 0 Å². The third kappa shape index (κ3) is 9.36. The number of nitrogens with one attached hydrogen (secondary N) is 3. The maximum Gasteiger partial charge on any atom is 0.272 e. The fraction of sp³-hybridized carbons (Fsp3) is 0.0541. The van der Waals surface area contributed by atoms with Crippen LogP contribution in [0.3, 0.4) is 0 Å². The van der Waals surface area contributed by atoms with E-state index in [9.17, 15) is 14.4 Å². The Kier molecular flexibility index (Phi) is 11.5. The van der Waals surface area contributed by atoms with Gasteiger partial charge in [-0.2, -0.15) is 0 Å². The van der Waals surface area contributed by atoms with E-state index in [1.54, 1.807) is 60.7 Å². The van der Waals surface area contributed by atoms with Crippen molar-refractivity contribution in [2.45, 2.75) is 10.1 Å². The van der Waals surface area contributed by atoms with Crippen molar-refractivity contribution < 1.29 is 19.1 Å². The van der Waals surface area contributed by atoms with E-state index >= 15 is 0 Å². The Balaban J connectivity index is 1.33. The van der Waals surface area contributed by atoms with E-state index < -0.39 is 17.1 Å². The molecule has 0 fully saturated rings. The van der Waals surface area contributed by atoms with Crippen molar-refractivity contribution in [3.63, 3.8) is 0 Å². The minimum atomic E-state index is -0.603. The van der Waals surface area contributed by atoms with E-state index in [4.69, 9.17) is 16.3 Å². The second-order valence-electron chi connectivity index (χ2n) is 10.2. The van der Waals surface area contributed by atoms with E-state index in [-0.39, 0.29) is 11.6 Å². The maximum absolute atomic E-state index is 13.6. The molecule has 236 valence electrons. The Hall–Kier alpha value is -4.83. The molecule has 0 spiro atoms. The van der Waals surface area contributed by atoms with Gasteiger partial charge in [-0.1, -0.05) is 88.2 Å². The van der Waals surface area contributed by atoms with Crippen LogP contribution in [-0.2, 0) is 9.59 Å². The summed E-state index contributed by atoms with van der Waals surface area (Å²) in [7, 11) is 1.53. The van der Waals surface area contributed by atoms with Crippen LogP contribution in [-0.4, -0.2) is 24.8 Å². The van der Waals surface area contributed by atoms with Gasteiger partial charge in [0.25, 0.3) is 11.8 Å². The summed E-state index contributed by atoms with van der Waals surface area (Å²) >= 11 is 11.0. The third-order valence-corrected chi connectivity index (χ3v) is 8.87. The first-order valence-electron chi connectivity index (χ1n) is 14.4. The Bertz CT molecular complexity index is 1890. The second kappa shape index (κ2) is 16.1. The Labute approximate surface area is 290 Å². The van der Waals surface area contributed by atoms with E-state index in [2.05, 4.69) is 31.9 Å². The molecule has 3 N–H and O–H groups in total. The van der Waals surface area contributed by atoms with Gasteiger partial charge < -0.3 is 20.7 Å². The van der Waals surface area contributed by atoms with Gasteiger partial charge in [-0.3, -0.25) is 14.4 Å². The summed E-state index contributed by atoms with van der Waals surface area (Å²) in [5.74, 6) is -0.657. The number of methoxy groups -OCH3 is 1. The van der Waals surface area contributed by atoms with Gasteiger partial charge >= 0.3 is 0 Å². The monoisotopic (exact) mass is 725 g/mol. The smallest absolute Gasteiger partial charge is 0.272 e. The maximum atomic E-state index is 13.6. The molecule has 1 unspecified atom stereocenters. The molecule has 0 aliphatic carbocycles. The zero-order chi connectivity index (χ0) is 33.2. The van der Waals surface area contributed by atoms with Crippen LogP contribution in [0.1, 0.15) is 26.7 Å². The molecule has 5 aromatic carbocycles. The topological polar surface area (TPSA) is 96.5 Å². The molecule has 0 heterocycles. The molecule has 0 radical (unpaired) electrons. The number of halogens is 2. The van der Waals surface area contributed by atoms with E-state index in [0.717, 1.165) is 20.5 Å². The van der Waals surface area contributed by atoms with Gasteiger partial charge in [0, 0.05) is 25.6 Å². The summed E-state index contributed by atoms with van der Waals surface area (Å²) in [6.07, 6.45) is 1.62. The SMILES string of the molecule is COc1ccc(Cl)cc1NC(=O)C(Sc1ccc(NC(=O)/C(=C/c2ccc(Br)cc2)NC(=O)c2ccccc2)cc1)c1ccccc1. The molecular weight excluding hydrogens is 698 g/mol.